The summed E-state index contributed by atoms with van der Waals surface area (Å²) in [5, 5.41) is 12.7. The highest BCUT2D eigenvalue weighted by Crippen LogP contribution is 2.37. The van der Waals surface area contributed by atoms with Gasteiger partial charge in [-0.2, -0.15) is 0 Å². The number of ether oxygens (including phenoxy) is 2. The van der Waals surface area contributed by atoms with E-state index in [2.05, 4.69) is 22.1 Å². The molecule has 3 aromatic rings. The molecule has 2 heterocycles. The first-order valence-corrected chi connectivity index (χ1v) is 14.2. The maximum Gasteiger partial charge on any atom is 0.341 e. The molecule has 0 atom stereocenters. The number of rotatable bonds is 10. The Balaban J connectivity index is 1.44. The van der Waals surface area contributed by atoms with Gasteiger partial charge in [0.05, 0.1) is 18.4 Å². The average molecular weight is 541 g/mol. The van der Waals surface area contributed by atoms with Gasteiger partial charge in [0.15, 0.2) is 11.0 Å². The lowest BCUT2D eigenvalue weighted by Gasteiger charge is -2.11. The monoisotopic (exact) mass is 540 g/mol. The van der Waals surface area contributed by atoms with E-state index in [1.807, 2.05) is 35.8 Å². The zero-order valence-corrected chi connectivity index (χ0v) is 22.9. The molecule has 0 saturated heterocycles. The number of hydrogen-bond donors (Lipinski definition) is 1. The minimum absolute atomic E-state index is 0.122. The highest BCUT2D eigenvalue weighted by molar-refractivity contribution is 7.99. The third-order valence-electron chi connectivity index (χ3n) is 6.20. The molecule has 1 aliphatic carbocycles. The Bertz CT molecular complexity index is 1270. The first kappa shape index (κ1) is 26.9. The van der Waals surface area contributed by atoms with E-state index in [1.165, 1.54) is 41.5 Å². The standard InChI is InChI=1S/C27H32N4O4S2/c1-4-15-31-22(16-35-20-13-10-9-11-18(20)2)29-30-27(31)36-17-23(32)28-25-24(26(33)34-3)19-12-7-5-6-8-14-21(19)37-25/h4,9-11,13H,1,5-8,12,14-17H2,2-3H3,(H,28,32). The smallest absolute Gasteiger partial charge is 0.341 e. The molecular weight excluding hydrogens is 508 g/mol. The van der Waals surface area contributed by atoms with Gasteiger partial charge in [0.25, 0.3) is 0 Å². The normalized spacial score (nSPS) is 13.2. The van der Waals surface area contributed by atoms with Crippen LogP contribution in [0.2, 0.25) is 0 Å². The lowest BCUT2D eigenvalue weighted by atomic mass is 9.96. The Morgan fingerprint density at radius 2 is 1.97 bits per heavy atom. The second kappa shape index (κ2) is 12.9. The van der Waals surface area contributed by atoms with E-state index in [9.17, 15) is 9.59 Å². The molecule has 0 spiro atoms. The third-order valence-corrected chi connectivity index (χ3v) is 8.38. The number of anilines is 1. The zero-order valence-electron chi connectivity index (χ0n) is 21.2. The van der Waals surface area contributed by atoms with Gasteiger partial charge in [-0.25, -0.2) is 4.79 Å². The summed E-state index contributed by atoms with van der Waals surface area (Å²) in [5.41, 5.74) is 2.58. The van der Waals surface area contributed by atoms with Gasteiger partial charge in [0.2, 0.25) is 5.91 Å². The molecule has 0 saturated carbocycles. The van der Waals surface area contributed by atoms with Gasteiger partial charge < -0.3 is 14.8 Å². The topological polar surface area (TPSA) is 95.3 Å². The van der Waals surface area contributed by atoms with Gasteiger partial charge in [-0.15, -0.1) is 28.1 Å². The number of benzene rings is 1. The van der Waals surface area contributed by atoms with Gasteiger partial charge in [-0.1, -0.05) is 48.9 Å². The molecule has 0 radical (unpaired) electrons. The van der Waals surface area contributed by atoms with Crippen molar-refractivity contribution >= 4 is 40.0 Å². The van der Waals surface area contributed by atoms with E-state index in [0.29, 0.717) is 28.1 Å². The van der Waals surface area contributed by atoms with E-state index in [1.54, 1.807) is 6.08 Å². The lowest BCUT2D eigenvalue weighted by molar-refractivity contribution is -0.113. The number of amides is 1. The van der Waals surface area contributed by atoms with Crippen molar-refractivity contribution in [3.05, 3.63) is 64.3 Å². The Hall–Kier alpha value is -3.11. The first-order valence-electron chi connectivity index (χ1n) is 12.4. The molecule has 1 amide bonds. The number of aromatic nitrogens is 3. The van der Waals surface area contributed by atoms with E-state index in [4.69, 9.17) is 9.47 Å². The molecule has 0 aliphatic heterocycles. The number of hydrogen-bond acceptors (Lipinski definition) is 8. The number of para-hydroxylation sites is 1. The maximum absolute atomic E-state index is 12.9. The summed E-state index contributed by atoms with van der Waals surface area (Å²) in [6.45, 7) is 6.57. The predicted octanol–water partition coefficient (Wildman–Crippen LogP) is 5.59. The van der Waals surface area contributed by atoms with Crippen molar-refractivity contribution in [1.82, 2.24) is 14.8 Å². The highest BCUT2D eigenvalue weighted by atomic mass is 32.2. The van der Waals surface area contributed by atoms with E-state index < -0.39 is 5.97 Å². The van der Waals surface area contributed by atoms with Gasteiger partial charge in [-0.05, 0) is 49.8 Å². The van der Waals surface area contributed by atoms with E-state index in [-0.39, 0.29) is 18.3 Å². The number of aryl methyl sites for hydroxylation is 2. The first-order chi connectivity index (χ1) is 18.0. The maximum atomic E-state index is 12.9. The van der Waals surface area contributed by atoms with Crippen LogP contribution in [0, 0.1) is 6.92 Å². The van der Waals surface area contributed by atoms with Crippen molar-refractivity contribution in [2.24, 2.45) is 0 Å². The summed E-state index contributed by atoms with van der Waals surface area (Å²) in [5.74, 6) is 0.949. The van der Waals surface area contributed by atoms with E-state index in [0.717, 1.165) is 49.0 Å². The molecule has 8 nitrogen and oxygen atoms in total. The van der Waals surface area contributed by atoms with Crippen LogP contribution < -0.4 is 10.1 Å². The summed E-state index contributed by atoms with van der Waals surface area (Å²) in [6.07, 6.45) is 7.97. The van der Waals surface area contributed by atoms with Gasteiger partial charge in [0, 0.05) is 11.4 Å². The fourth-order valence-electron chi connectivity index (χ4n) is 4.32. The van der Waals surface area contributed by atoms with Crippen LogP contribution >= 0.6 is 23.1 Å². The fraction of sp³-hybridized carbons (Fsp3) is 0.407. The molecule has 0 fully saturated rings. The molecule has 1 aromatic carbocycles. The number of nitrogens with one attached hydrogen (secondary N) is 1. The summed E-state index contributed by atoms with van der Waals surface area (Å²) in [7, 11) is 1.38. The number of esters is 1. The Kier molecular flexibility index (Phi) is 9.40. The van der Waals surface area contributed by atoms with Crippen LogP contribution in [0.3, 0.4) is 0 Å². The zero-order chi connectivity index (χ0) is 26.2. The average Bonchev–Trinajstić information content (AvgIpc) is 3.42. The SMILES string of the molecule is C=CCn1c(COc2ccccc2C)nnc1SCC(=O)Nc1sc2c(c1C(=O)OC)CCCCCC2. The molecule has 1 aliphatic rings. The van der Waals surface area contributed by atoms with Crippen molar-refractivity contribution in [3.8, 4) is 5.75 Å². The lowest BCUT2D eigenvalue weighted by Crippen LogP contribution is -2.17. The minimum Gasteiger partial charge on any atom is -0.485 e. The molecule has 37 heavy (non-hydrogen) atoms. The second-order valence-corrected chi connectivity index (χ2v) is 10.9. The minimum atomic E-state index is -0.398. The number of methoxy groups -OCH3 is 1. The summed E-state index contributed by atoms with van der Waals surface area (Å²) < 4.78 is 12.9. The van der Waals surface area contributed by atoms with E-state index >= 15 is 0 Å². The fourth-order valence-corrected chi connectivity index (χ4v) is 6.38. The van der Waals surface area contributed by atoms with Crippen molar-refractivity contribution < 1.29 is 19.1 Å². The molecule has 1 N–H and O–H groups in total. The van der Waals surface area contributed by atoms with Gasteiger partial charge in [0.1, 0.15) is 17.4 Å². The number of allylic oxidation sites excluding steroid dienone is 1. The molecular formula is C27H32N4O4S2. The van der Waals surface area contributed by atoms with Gasteiger partial charge in [-0.3, -0.25) is 9.36 Å². The Morgan fingerprint density at radius 3 is 2.73 bits per heavy atom. The summed E-state index contributed by atoms with van der Waals surface area (Å²) in [4.78, 5) is 26.7. The number of carbonyl (C=O) groups is 2. The number of fused-ring (bicyclic) bond motifs is 1. The van der Waals surface area contributed by atoms with Crippen LogP contribution in [-0.2, 0) is 35.5 Å². The summed E-state index contributed by atoms with van der Waals surface area (Å²) >= 11 is 2.78. The Labute approximate surface area is 225 Å². The molecule has 10 heteroatoms. The molecule has 196 valence electrons. The molecule has 2 aromatic heterocycles. The highest BCUT2D eigenvalue weighted by Gasteiger charge is 2.26. The van der Waals surface area contributed by atoms with Crippen LogP contribution in [0.4, 0.5) is 5.00 Å². The number of nitrogens with zero attached hydrogens (tertiary/aromatic N) is 3. The van der Waals surface area contributed by atoms with Crippen LogP contribution in [0.5, 0.6) is 5.75 Å². The van der Waals surface area contributed by atoms with Crippen LogP contribution in [0.15, 0.2) is 42.1 Å². The van der Waals surface area contributed by atoms with Crippen molar-refractivity contribution in [1.29, 1.82) is 0 Å². The summed E-state index contributed by atoms with van der Waals surface area (Å²) in [6, 6.07) is 7.79. The Morgan fingerprint density at radius 1 is 1.19 bits per heavy atom. The number of carbonyl (C=O) groups excluding carboxylic acids is 2. The van der Waals surface area contributed by atoms with Crippen molar-refractivity contribution in [2.75, 3.05) is 18.2 Å². The quantitative estimate of drug-likeness (QED) is 0.203. The van der Waals surface area contributed by atoms with Crippen LogP contribution in [0.1, 0.15) is 57.9 Å². The second-order valence-electron chi connectivity index (χ2n) is 8.80. The number of thioether (sulfide) groups is 1. The van der Waals surface area contributed by atoms with Crippen molar-refractivity contribution in [2.45, 2.75) is 63.8 Å². The number of thiophene rings is 1. The third kappa shape index (κ3) is 6.61. The van der Waals surface area contributed by atoms with Crippen molar-refractivity contribution in [3.63, 3.8) is 0 Å². The molecule has 0 bridgehead atoms. The predicted molar refractivity (Wildman–Crippen MR) is 147 cm³/mol. The molecule has 4 rings (SSSR count). The molecule has 0 unspecified atom stereocenters. The van der Waals surface area contributed by atoms with Crippen LogP contribution in [0.25, 0.3) is 0 Å². The largest absolute Gasteiger partial charge is 0.485 e. The van der Waals surface area contributed by atoms with Gasteiger partial charge >= 0.3 is 5.97 Å². The van der Waals surface area contributed by atoms with Crippen LogP contribution in [-0.4, -0.2) is 39.5 Å².